The fraction of sp³-hybridized carbons (Fsp3) is 0.292. The smallest absolute Gasteiger partial charge is 0.231 e. The van der Waals surface area contributed by atoms with Gasteiger partial charge in [-0.25, -0.2) is 0 Å². The monoisotopic (exact) mass is 374 g/mol. The molecule has 3 aromatic carbocycles. The Balaban J connectivity index is 1.46. The molecule has 0 unspecified atom stereocenters. The lowest BCUT2D eigenvalue weighted by Crippen LogP contribution is -2.19. The quantitative estimate of drug-likeness (QED) is 0.668. The van der Waals surface area contributed by atoms with Crippen molar-refractivity contribution in [1.29, 1.82) is 0 Å². The number of anilines is 2. The average molecular weight is 374 g/mol. The highest BCUT2D eigenvalue weighted by molar-refractivity contribution is 5.96. The Morgan fingerprint density at radius 1 is 0.964 bits per heavy atom. The van der Waals surface area contributed by atoms with Crippen LogP contribution in [0.25, 0.3) is 10.8 Å². The minimum absolute atomic E-state index is 0.00165. The van der Waals surface area contributed by atoms with E-state index < -0.39 is 0 Å². The Morgan fingerprint density at radius 2 is 1.64 bits per heavy atom. The molecule has 1 atom stereocenters. The Hall–Kier alpha value is -3.01. The predicted octanol–water partition coefficient (Wildman–Crippen LogP) is 5.19. The second-order valence-corrected chi connectivity index (χ2v) is 7.42. The van der Waals surface area contributed by atoms with Gasteiger partial charge in [0.25, 0.3) is 0 Å². The van der Waals surface area contributed by atoms with Gasteiger partial charge < -0.3 is 15.0 Å². The van der Waals surface area contributed by atoms with Crippen LogP contribution >= 0.6 is 0 Å². The summed E-state index contributed by atoms with van der Waals surface area (Å²) in [6.07, 6.45) is 2.52. The number of amides is 1. The zero-order valence-electron chi connectivity index (χ0n) is 16.4. The number of carbonyl (C=O) groups is 1. The van der Waals surface area contributed by atoms with Crippen LogP contribution in [-0.2, 0) is 4.79 Å². The third-order valence-electron chi connectivity index (χ3n) is 5.57. The normalized spacial score (nSPS) is 14.9. The molecule has 0 spiro atoms. The van der Waals surface area contributed by atoms with Gasteiger partial charge in [0.05, 0.1) is 13.0 Å². The molecular weight excluding hydrogens is 348 g/mol. The van der Waals surface area contributed by atoms with E-state index in [1.54, 1.807) is 7.11 Å². The number of ether oxygens (including phenoxy) is 1. The largest absolute Gasteiger partial charge is 0.497 e. The van der Waals surface area contributed by atoms with Crippen LogP contribution in [0.1, 0.15) is 31.2 Å². The number of hydrogen-bond donors (Lipinski definition) is 1. The molecule has 1 saturated heterocycles. The van der Waals surface area contributed by atoms with E-state index in [-0.39, 0.29) is 11.8 Å². The molecule has 1 aliphatic rings. The number of carbonyl (C=O) groups excluding carboxylic acids is 1. The third-order valence-corrected chi connectivity index (χ3v) is 5.57. The summed E-state index contributed by atoms with van der Waals surface area (Å²) in [7, 11) is 1.67. The highest BCUT2D eigenvalue weighted by atomic mass is 16.5. The number of hydrogen-bond acceptors (Lipinski definition) is 3. The first-order valence-corrected chi connectivity index (χ1v) is 9.87. The maximum Gasteiger partial charge on any atom is 0.231 e. The lowest BCUT2D eigenvalue weighted by Gasteiger charge is -2.18. The van der Waals surface area contributed by atoms with E-state index in [1.165, 1.54) is 18.5 Å². The van der Waals surface area contributed by atoms with Crippen molar-refractivity contribution in [3.8, 4) is 5.75 Å². The highest BCUT2D eigenvalue weighted by Gasteiger charge is 2.17. The van der Waals surface area contributed by atoms with Crippen LogP contribution < -0.4 is 15.0 Å². The van der Waals surface area contributed by atoms with Gasteiger partial charge in [0.1, 0.15) is 5.75 Å². The summed E-state index contributed by atoms with van der Waals surface area (Å²) in [5.74, 6) is 0.606. The molecule has 4 heteroatoms. The highest BCUT2D eigenvalue weighted by Crippen LogP contribution is 2.27. The number of nitrogens with zero attached hydrogens (tertiary/aromatic N) is 1. The Kier molecular flexibility index (Phi) is 5.20. The molecule has 4 nitrogen and oxygen atoms in total. The van der Waals surface area contributed by atoms with Gasteiger partial charge in [-0.15, -0.1) is 0 Å². The van der Waals surface area contributed by atoms with Crippen molar-refractivity contribution in [2.45, 2.75) is 25.7 Å². The van der Waals surface area contributed by atoms with E-state index in [0.29, 0.717) is 0 Å². The summed E-state index contributed by atoms with van der Waals surface area (Å²) < 4.78 is 5.28. The molecule has 1 amide bonds. The number of benzene rings is 3. The average Bonchev–Trinajstić information content (AvgIpc) is 3.28. The Morgan fingerprint density at radius 3 is 2.36 bits per heavy atom. The zero-order chi connectivity index (χ0) is 19.5. The molecule has 1 heterocycles. The second kappa shape index (κ2) is 7.93. The first kappa shape index (κ1) is 18.4. The van der Waals surface area contributed by atoms with Crippen LogP contribution in [0.2, 0.25) is 0 Å². The standard InChI is InChI=1S/C24H26N2O2/c1-17(18-5-6-20-16-23(28-2)12-7-19(20)15-18)24(27)25-21-8-10-22(11-9-21)26-13-3-4-14-26/h5-12,15-17H,3-4,13-14H2,1-2H3,(H,25,27)/t17-/m1/s1. The van der Waals surface area contributed by atoms with Gasteiger partial charge in [0.2, 0.25) is 5.91 Å². The Bertz CT molecular complexity index is 976. The molecule has 3 aromatic rings. The van der Waals surface area contributed by atoms with Crippen molar-refractivity contribution < 1.29 is 9.53 Å². The van der Waals surface area contributed by atoms with Gasteiger partial charge in [-0.3, -0.25) is 4.79 Å². The van der Waals surface area contributed by atoms with Crippen molar-refractivity contribution in [1.82, 2.24) is 0 Å². The Labute approximate surface area is 166 Å². The number of fused-ring (bicyclic) bond motifs is 1. The fourth-order valence-corrected chi connectivity index (χ4v) is 3.77. The van der Waals surface area contributed by atoms with E-state index in [1.807, 2.05) is 49.4 Å². The van der Waals surface area contributed by atoms with Gasteiger partial charge in [-0.2, -0.15) is 0 Å². The van der Waals surface area contributed by atoms with Crippen LogP contribution in [-0.4, -0.2) is 26.1 Å². The summed E-state index contributed by atoms with van der Waals surface area (Å²) in [5, 5.41) is 5.26. The minimum atomic E-state index is -0.232. The summed E-state index contributed by atoms with van der Waals surface area (Å²) in [5.41, 5.74) is 3.07. The molecule has 28 heavy (non-hydrogen) atoms. The SMILES string of the molecule is COc1ccc2cc([C@@H](C)C(=O)Nc3ccc(N4CCCC4)cc3)ccc2c1. The molecule has 0 aromatic heterocycles. The summed E-state index contributed by atoms with van der Waals surface area (Å²) in [6, 6.07) is 20.3. The van der Waals surface area contributed by atoms with E-state index in [9.17, 15) is 4.79 Å². The van der Waals surface area contributed by atoms with Gasteiger partial charge in [0, 0.05) is 24.5 Å². The number of rotatable bonds is 5. The van der Waals surface area contributed by atoms with E-state index in [4.69, 9.17) is 4.74 Å². The third kappa shape index (κ3) is 3.81. The van der Waals surface area contributed by atoms with Gasteiger partial charge >= 0.3 is 0 Å². The topological polar surface area (TPSA) is 41.6 Å². The van der Waals surface area contributed by atoms with Crippen LogP contribution in [0, 0.1) is 0 Å². The van der Waals surface area contributed by atoms with Gasteiger partial charge in [-0.05, 0) is 72.5 Å². The van der Waals surface area contributed by atoms with Crippen molar-refractivity contribution >= 4 is 28.1 Å². The molecule has 144 valence electrons. The number of methoxy groups -OCH3 is 1. The van der Waals surface area contributed by atoms with Gasteiger partial charge in [-0.1, -0.05) is 24.3 Å². The molecule has 0 saturated carbocycles. The van der Waals surface area contributed by atoms with Crippen molar-refractivity contribution in [2.75, 3.05) is 30.4 Å². The van der Waals surface area contributed by atoms with Crippen molar-refractivity contribution in [3.05, 3.63) is 66.2 Å². The van der Waals surface area contributed by atoms with Gasteiger partial charge in [0.15, 0.2) is 0 Å². The van der Waals surface area contributed by atoms with Crippen LogP contribution in [0.3, 0.4) is 0 Å². The summed E-state index contributed by atoms with van der Waals surface area (Å²) >= 11 is 0. The first-order valence-electron chi connectivity index (χ1n) is 9.87. The summed E-state index contributed by atoms with van der Waals surface area (Å²) in [4.78, 5) is 15.1. The van der Waals surface area contributed by atoms with Crippen molar-refractivity contribution in [3.63, 3.8) is 0 Å². The maximum atomic E-state index is 12.7. The molecule has 1 fully saturated rings. The molecular formula is C24H26N2O2. The van der Waals surface area contributed by atoms with E-state index in [2.05, 4.69) is 28.4 Å². The van der Waals surface area contributed by atoms with Crippen molar-refractivity contribution in [2.24, 2.45) is 0 Å². The molecule has 0 bridgehead atoms. The summed E-state index contributed by atoms with van der Waals surface area (Å²) in [6.45, 7) is 4.19. The molecule has 0 aliphatic carbocycles. The molecule has 1 N–H and O–H groups in total. The second-order valence-electron chi connectivity index (χ2n) is 7.42. The minimum Gasteiger partial charge on any atom is -0.497 e. The number of nitrogens with one attached hydrogen (secondary N) is 1. The lowest BCUT2D eigenvalue weighted by molar-refractivity contribution is -0.117. The van der Waals surface area contributed by atoms with Crippen LogP contribution in [0.4, 0.5) is 11.4 Å². The molecule has 0 radical (unpaired) electrons. The maximum absolute atomic E-state index is 12.7. The molecule has 1 aliphatic heterocycles. The zero-order valence-corrected chi connectivity index (χ0v) is 16.4. The van der Waals surface area contributed by atoms with Crippen LogP contribution in [0.15, 0.2) is 60.7 Å². The predicted molar refractivity (Wildman–Crippen MR) is 115 cm³/mol. The van der Waals surface area contributed by atoms with E-state index in [0.717, 1.165) is 40.9 Å². The fourth-order valence-electron chi connectivity index (χ4n) is 3.77. The van der Waals surface area contributed by atoms with E-state index >= 15 is 0 Å². The first-order chi connectivity index (χ1) is 13.6. The van der Waals surface area contributed by atoms with Crippen LogP contribution in [0.5, 0.6) is 5.75 Å². The lowest BCUT2D eigenvalue weighted by atomic mass is 9.97. The molecule has 4 rings (SSSR count).